The lowest BCUT2D eigenvalue weighted by Gasteiger charge is -2.30. The second kappa shape index (κ2) is 10.2. The van der Waals surface area contributed by atoms with Gasteiger partial charge in [-0.1, -0.05) is 26.7 Å². The van der Waals surface area contributed by atoms with Crippen molar-refractivity contribution in [2.75, 3.05) is 26.2 Å². The third-order valence-corrected chi connectivity index (χ3v) is 4.94. The Morgan fingerprint density at radius 1 is 1.29 bits per heavy atom. The second-order valence-corrected chi connectivity index (χ2v) is 6.47. The van der Waals surface area contributed by atoms with Gasteiger partial charge in [-0.3, -0.25) is 4.79 Å². The zero-order chi connectivity index (χ0) is 15.7. The monoisotopic (exact) mass is 297 g/mol. The molecular formula is C17H35N3O. The van der Waals surface area contributed by atoms with Gasteiger partial charge in [0.05, 0.1) is 0 Å². The second-order valence-electron chi connectivity index (χ2n) is 6.47. The molecule has 0 radical (unpaired) electrons. The molecule has 0 aliphatic heterocycles. The Kier molecular flexibility index (Phi) is 8.93. The van der Waals surface area contributed by atoms with Crippen molar-refractivity contribution < 1.29 is 4.79 Å². The van der Waals surface area contributed by atoms with E-state index in [0.29, 0.717) is 12.5 Å². The number of nitrogens with two attached hydrogens (primary N) is 1. The minimum atomic E-state index is 0.147. The fourth-order valence-electron chi connectivity index (χ4n) is 3.42. The van der Waals surface area contributed by atoms with Crippen LogP contribution < -0.4 is 11.1 Å². The topological polar surface area (TPSA) is 58.4 Å². The van der Waals surface area contributed by atoms with Gasteiger partial charge in [0, 0.05) is 12.0 Å². The molecule has 3 unspecified atom stereocenters. The molecule has 0 aromatic heterocycles. The zero-order valence-corrected chi connectivity index (χ0v) is 14.2. The molecular weight excluding hydrogens is 262 g/mol. The molecule has 3 atom stereocenters. The molecule has 0 spiro atoms. The summed E-state index contributed by atoms with van der Waals surface area (Å²) < 4.78 is 0. The summed E-state index contributed by atoms with van der Waals surface area (Å²) >= 11 is 0. The van der Waals surface area contributed by atoms with Gasteiger partial charge in [-0.05, 0) is 64.7 Å². The van der Waals surface area contributed by atoms with Crippen LogP contribution in [0.4, 0.5) is 0 Å². The van der Waals surface area contributed by atoms with E-state index in [1.54, 1.807) is 0 Å². The zero-order valence-electron chi connectivity index (χ0n) is 14.2. The van der Waals surface area contributed by atoms with Crippen molar-refractivity contribution in [2.24, 2.45) is 17.6 Å². The lowest BCUT2D eigenvalue weighted by Crippen LogP contribution is -2.43. The first-order valence-electron chi connectivity index (χ1n) is 8.85. The first kappa shape index (κ1) is 18.4. The number of carbonyl (C=O) groups excluding carboxylic acids is 1. The Balaban J connectivity index is 2.29. The maximum atomic E-state index is 12.4. The highest BCUT2D eigenvalue weighted by molar-refractivity contribution is 5.79. The van der Waals surface area contributed by atoms with Crippen LogP contribution in [-0.2, 0) is 4.79 Å². The highest BCUT2D eigenvalue weighted by Gasteiger charge is 2.30. The normalized spacial score (nSPS) is 24.0. The maximum Gasteiger partial charge on any atom is 0.223 e. The van der Waals surface area contributed by atoms with Crippen LogP contribution in [0.2, 0.25) is 0 Å². The quantitative estimate of drug-likeness (QED) is 0.687. The number of nitrogens with zero attached hydrogens (tertiary/aromatic N) is 1. The van der Waals surface area contributed by atoms with Gasteiger partial charge in [0.15, 0.2) is 0 Å². The summed E-state index contributed by atoms with van der Waals surface area (Å²) in [6.45, 7) is 10.5. The van der Waals surface area contributed by atoms with Crippen molar-refractivity contribution in [3.63, 3.8) is 0 Å². The average Bonchev–Trinajstić information content (AvgIpc) is 2.51. The summed E-state index contributed by atoms with van der Waals surface area (Å²) in [4.78, 5) is 14.8. The first-order chi connectivity index (χ1) is 10.1. The van der Waals surface area contributed by atoms with Crippen molar-refractivity contribution in [2.45, 2.75) is 65.3 Å². The molecule has 21 heavy (non-hydrogen) atoms. The van der Waals surface area contributed by atoms with Crippen LogP contribution in [0.15, 0.2) is 0 Å². The van der Waals surface area contributed by atoms with Crippen LogP contribution in [0, 0.1) is 11.8 Å². The molecule has 0 bridgehead atoms. The van der Waals surface area contributed by atoms with Crippen molar-refractivity contribution in [1.29, 1.82) is 0 Å². The van der Waals surface area contributed by atoms with E-state index in [9.17, 15) is 4.79 Å². The summed E-state index contributed by atoms with van der Waals surface area (Å²) in [5.41, 5.74) is 5.82. The Labute approximate surface area is 130 Å². The highest BCUT2D eigenvalue weighted by Crippen LogP contribution is 2.29. The van der Waals surface area contributed by atoms with E-state index < -0.39 is 0 Å². The van der Waals surface area contributed by atoms with Crippen LogP contribution in [0.25, 0.3) is 0 Å². The van der Waals surface area contributed by atoms with Crippen LogP contribution in [0.3, 0.4) is 0 Å². The predicted molar refractivity (Wildman–Crippen MR) is 89.1 cm³/mol. The lowest BCUT2D eigenvalue weighted by atomic mass is 9.78. The Hall–Kier alpha value is -0.610. The fourth-order valence-corrected chi connectivity index (χ4v) is 3.42. The molecule has 1 rings (SSSR count). The molecule has 0 aromatic carbocycles. The molecule has 0 aromatic rings. The van der Waals surface area contributed by atoms with Gasteiger partial charge in [0.1, 0.15) is 0 Å². The van der Waals surface area contributed by atoms with Gasteiger partial charge in [-0.2, -0.15) is 0 Å². The van der Waals surface area contributed by atoms with E-state index in [1.165, 1.54) is 12.8 Å². The van der Waals surface area contributed by atoms with Crippen molar-refractivity contribution >= 4 is 5.91 Å². The molecule has 1 aliphatic rings. The number of rotatable bonds is 9. The van der Waals surface area contributed by atoms with E-state index in [4.69, 9.17) is 5.73 Å². The van der Waals surface area contributed by atoms with Gasteiger partial charge >= 0.3 is 0 Å². The molecule has 1 aliphatic carbocycles. The number of carbonyl (C=O) groups is 1. The number of hydrogen-bond donors (Lipinski definition) is 2. The largest absolute Gasteiger partial charge is 0.353 e. The Bertz CT molecular complexity index is 292. The molecule has 1 fully saturated rings. The minimum Gasteiger partial charge on any atom is -0.353 e. The predicted octanol–water partition coefficient (Wildman–Crippen LogP) is 2.38. The molecule has 0 saturated heterocycles. The number of nitrogens with one attached hydrogen (secondary N) is 1. The van der Waals surface area contributed by atoms with E-state index in [2.05, 4.69) is 31.0 Å². The van der Waals surface area contributed by atoms with Gasteiger partial charge in [0.25, 0.3) is 0 Å². The molecule has 3 N–H and O–H groups in total. The molecule has 4 nitrogen and oxygen atoms in total. The van der Waals surface area contributed by atoms with Crippen molar-refractivity contribution in [3.8, 4) is 0 Å². The van der Waals surface area contributed by atoms with Crippen molar-refractivity contribution in [1.82, 2.24) is 10.2 Å². The first-order valence-corrected chi connectivity index (χ1v) is 8.85. The number of amides is 1. The molecule has 1 amide bonds. The SMILES string of the molecule is CCN(CC)CCCC(C)NC(=O)C1CCCCC1CN. The smallest absolute Gasteiger partial charge is 0.223 e. The minimum absolute atomic E-state index is 0.147. The third-order valence-electron chi connectivity index (χ3n) is 4.94. The fraction of sp³-hybridized carbons (Fsp3) is 0.941. The highest BCUT2D eigenvalue weighted by atomic mass is 16.1. The van der Waals surface area contributed by atoms with Crippen LogP contribution in [-0.4, -0.2) is 43.0 Å². The molecule has 0 heterocycles. The Morgan fingerprint density at radius 3 is 2.57 bits per heavy atom. The molecule has 4 heteroatoms. The summed E-state index contributed by atoms with van der Waals surface area (Å²) in [5, 5.41) is 3.21. The summed E-state index contributed by atoms with van der Waals surface area (Å²) in [7, 11) is 0. The van der Waals surface area contributed by atoms with Gasteiger partial charge < -0.3 is 16.0 Å². The van der Waals surface area contributed by atoms with Gasteiger partial charge in [-0.25, -0.2) is 0 Å². The van der Waals surface area contributed by atoms with Gasteiger partial charge in [0.2, 0.25) is 5.91 Å². The van der Waals surface area contributed by atoms with E-state index in [-0.39, 0.29) is 17.9 Å². The van der Waals surface area contributed by atoms with Gasteiger partial charge in [-0.15, -0.1) is 0 Å². The summed E-state index contributed by atoms with van der Waals surface area (Å²) in [6, 6.07) is 0.272. The molecule has 1 saturated carbocycles. The summed E-state index contributed by atoms with van der Waals surface area (Å²) in [6.07, 6.45) is 6.73. The lowest BCUT2D eigenvalue weighted by molar-refractivity contribution is -0.128. The summed E-state index contributed by atoms with van der Waals surface area (Å²) in [5.74, 6) is 0.774. The van der Waals surface area contributed by atoms with E-state index in [1.807, 2.05) is 0 Å². The van der Waals surface area contributed by atoms with Crippen molar-refractivity contribution in [3.05, 3.63) is 0 Å². The molecule has 124 valence electrons. The van der Waals surface area contributed by atoms with Crippen LogP contribution in [0.1, 0.15) is 59.3 Å². The maximum absolute atomic E-state index is 12.4. The standard InChI is InChI=1S/C17H35N3O/c1-4-20(5-2)12-8-9-14(3)19-17(21)16-11-7-6-10-15(16)13-18/h14-16H,4-13,18H2,1-3H3,(H,19,21). The Morgan fingerprint density at radius 2 is 1.95 bits per heavy atom. The van der Waals surface area contributed by atoms with Crippen LogP contribution >= 0.6 is 0 Å². The number of hydrogen-bond acceptors (Lipinski definition) is 3. The van der Waals surface area contributed by atoms with E-state index in [0.717, 1.165) is 45.3 Å². The van der Waals surface area contributed by atoms with Crippen LogP contribution in [0.5, 0.6) is 0 Å². The average molecular weight is 297 g/mol. The van der Waals surface area contributed by atoms with E-state index >= 15 is 0 Å². The third kappa shape index (κ3) is 6.35.